The number of hydrogen-bond donors (Lipinski definition) is 1. The number of aryl methyl sites for hydroxylation is 2. The molecule has 7 nitrogen and oxygen atoms in total. The van der Waals surface area contributed by atoms with Crippen molar-refractivity contribution in [3.8, 4) is 0 Å². The zero-order valence-corrected chi connectivity index (χ0v) is 15.2. The fourth-order valence-corrected chi connectivity index (χ4v) is 3.28. The molecule has 0 radical (unpaired) electrons. The highest BCUT2D eigenvalue weighted by atomic mass is 79.9. The van der Waals surface area contributed by atoms with E-state index in [2.05, 4.69) is 21.2 Å². The SMILES string of the molecule is O=C(COC(=O)c1ccc2c(c1)CCC2)Nc1ccc([N+](=O)[O-])cc1Br. The lowest BCUT2D eigenvalue weighted by Crippen LogP contribution is -2.21. The number of nitrogens with one attached hydrogen (secondary N) is 1. The van der Waals surface area contributed by atoms with Crippen molar-refractivity contribution in [2.24, 2.45) is 0 Å². The van der Waals surface area contributed by atoms with E-state index in [1.165, 1.54) is 23.8 Å². The van der Waals surface area contributed by atoms with E-state index in [1.807, 2.05) is 12.1 Å². The van der Waals surface area contributed by atoms with E-state index in [-0.39, 0.29) is 5.69 Å². The molecule has 0 saturated heterocycles. The number of carbonyl (C=O) groups excluding carboxylic acids is 2. The van der Waals surface area contributed by atoms with E-state index in [9.17, 15) is 19.7 Å². The largest absolute Gasteiger partial charge is 0.452 e. The molecule has 26 heavy (non-hydrogen) atoms. The smallest absolute Gasteiger partial charge is 0.338 e. The molecule has 0 aliphatic heterocycles. The summed E-state index contributed by atoms with van der Waals surface area (Å²) in [6.07, 6.45) is 3.06. The van der Waals surface area contributed by atoms with Gasteiger partial charge in [0.05, 0.1) is 16.2 Å². The lowest BCUT2D eigenvalue weighted by Gasteiger charge is -2.09. The molecule has 0 fully saturated rings. The Morgan fingerprint density at radius 1 is 1.15 bits per heavy atom. The Kier molecular flexibility index (Phi) is 5.32. The predicted molar refractivity (Wildman–Crippen MR) is 98.2 cm³/mol. The maximum atomic E-state index is 12.1. The number of anilines is 1. The molecular weight excluding hydrogens is 404 g/mol. The van der Waals surface area contributed by atoms with Crippen LogP contribution in [0.25, 0.3) is 0 Å². The summed E-state index contributed by atoms with van der Waals surface area (Å²) in [5, 5.41) is 13.2. The minimum atomic E-state index is -0.558. The third kappa shape index (κ3) is 4.08. The molecule has 0 spiro atoms. The summed E-state index contributed by atoms with van der Waals surface area (Å²) in [6.45, 7) is -0.445. The van der Waals surface area contributed by atoms with E-state index in [0.717, 1.165) is 24.8 Å². The quantitative estimate of drug-likeness (QED) is 0.453. The highest BCUT2D eigenvalue weighted by molar-refractivity contribution is 9.10. The molecular formula is C18H15BrN2O5. The number of nitrogens with zero attached hydrogens (tertiary/aromatic N) is 1. The van der Waals surface area contributed by atoms with E-state index < -0.39 is 23.4 Å². The van der Waals surface area contributed by atoms with Gasteiger partial charge in [-0.05, 0) is 64.5 Å². The number of hydrogen-bond acceptors (Lipinski definition) is 5. The van der Waals surface area contributed by atoms with Crippen molar-refractivity contribution in [2.75, 3.05) is 11.9 Å². The summed E-state index contributed by atoms with van der Waals surface area (Å²) in [5.74, 6) is -1.09. The third-order valence-corrected chi connectivity index (χ3v) is 4.76. The van der Waals surface area contributed by atoms with Crippen LogP contribution in [0.5, 0.6) is 0 Å². The normalized spacial score (nSPS) is 12.3. The van der Waals surface area contributed by atoms with Crippen molar-refractivity contribution in [3.05, 3.63) is 67.7 Å². The molecule has 8 heteroatoms. The molecule has 0 bridgehead atoms. The molecule has 1 aliphatic rings. The standard InChI is InChI=1S/C18H15BrN2O5/c19-15-9-14(21(24)25)6-7-16(15)20-17(22)10-26-18(23)13-5-4-11-2-1-3-12(11)8-13/h4-9H,1-3,10H2,(H,20,22). The summed E-state index contributed by atoms with van der Waals surface area (Å²) >= 11 is 3.16. The van der Waals surface area contributed by atoms with Gasteiger partial charge in [-0.15, -0.1) is 0 Å². The molecule has 0 atom stereocenters. The van der Waals surface area contributed by atoms with Crippen molar-refractivity contribution in [1.29, 1.82) is 0 Å². The number of non-ortho nitro benzene ring substituents is 1. The van der Waals surface area contributed by atoms with Crippen LogP contribution >= 0.6 is 15.9 Å². The Balaban J connectivity index is 1.57. The summed E-state index contributed by atoms with van der Waals surface area (Å²) in [5.41, 5.74) is 3.09. The Morgan fingerprint density at radius 2 is 1.92 bits per heavy atom. The van der Waals surface area contributed by atoms with Crippen LogP contribution in [-0.2, 0) is 22.4 Å². The van der Waals surface area contributed by atoms with Gasteiger partial charge in [0.15, 0.2) is 6.61 Å². The average molecular weight is 419 g/mol. The molecule has 134 valence electrons. The zero-order valence-electron chi connectivity index (χ0n) is 13.7. The van der Waals surface area contributed by atoms with E-state index in [1.54, 1.807) is 6.07 Å². The van der Waals surface area contributed by atoms with Gasteiger partial charge in [-0.3, -0.25) is 14.9 Å². The van der Waals surface area contributed by atoms with Gasteiger partial charge < -0.3 is 10.1 Å². The van der Waals surface area contributed by atoms with Gasteiger partial charge in [-0.25, -0.2) is 4.79 Å². The van der Waals surface area contributed by atoms with Crippen LogP contribution in [0.4, 0.5) is 11.4 Å². The molecule has 2 aromatic carbocycles. The molecule has 1 amide bonds. The van der Waals surface area contributed by atoms with Crippen LogP contribution in [0.15, 0.2) is 40.9 Å². The Hall–Kier alpha value is -2.74. The first-order valence-corrected chi connectivity index (χ1v) is 8.76. The summed E-state index contributed by atoms with van der Waals surface area (Å²) in [4.78, 5) is 34.2. The number of amides is 1. The summed E-state index contributed by atoms with van der Waals surface area (Å²) in [6, 6.07) is 9.41. The number of nitro groups is 1. The zero-order chi connectivity index (χ0) is 18.7. The van der Waals surface area contributed by atoms with E-state index in [4.69, 9.17) is 4.74 Å². The molecule has 0 unspecified atom stereocenters. The second kappa shape index (κ2) is 7.65. The van der Waals surface area contributed by atoms with Crippen molar-refractivity contribution in [3.63, 3.8) is 0 Å². The van der Waals surface area contributed by atoms with Crippen LogP contribution in [0, 0.1) is 10.1 Å². The van der Waals surface area contributed by atoms with Gasteiger partial charge in [0.1, 0.15) is 0 Å². The second-order valence-electron chi connectivity index (χ2n) is 5.88. The predicted octanol–water partition coefficient (Wildman–Crippen LogP) is 3.64. The number of esters is 1. The van der Waals surface area contributed by atoms with Gasteiger partial charge in [0.2, 0.25) is 0 Å². The van der Waals surface area contributed by atoms with Crippen molar-refractivity contribution in [2.45, 2.75) is 19.3 Å². The van der Waals surface area contributed by atoms with Gasteiger partial charge in [0.25, 0.3) is 11.6 Å². The number of rotatable bonds is 5. The lowest BCUT2D eigenvalue weighted by atomic mass is 10.1. The highest BCUT2D eigenvalue weighted by Crippen LogP contribution is 2.27. The monoisotopic (exact) mass is 418 g/mol. The molecule has 0 aromatic heterocycles. The van der Waals surface area contributed by atoms with Gasteiger partial charge in [-0.1, -0.05) is 6.07 Å². The van der Waals surface area contributed by atoms with E-state index >= 15 is 0 Å². The number of benzene rings is 2. The first-order chi connectivity index (χ1) is 12.4. The van der Waals surface area contributed by atoms with E-state index in [0.29, 0.717) is 15.7 Å². The fourth-order valence-electron chi connectivity index (χ4n) is 2.82. The van der Waals surface area contributed by atoms with Crippen LogP contribution in [0.1, 0.15) is 27.9 Å². The average Bonchev–Trinajstić information content (AvgIpc) is 3.09. The summed E-state index contributed by atoms with van der Waals surface area (Å²) in [7, 11) is 0. The minimum Gasteiger partial charge on any atom is -0.452 e. The maximum Gasteiger partial charge on any atom is 0.338 e. The minimum absolute atomic E-state index is 0.0992. The molecule has 2 aromatic rings. The van der Waals surface area contributed by atoms with Crippen LogP contribution in [0.2, 0.25) is 0 Å². The number of ether oxygens (including phenoxy) is 1. The van der Waals surface area contributed by atoms with Gasteiger partial charge >= 0.3 is 5.97 Å². The van der Waals surface area contributed by atoms with Crippen molar-refractivity contribution in [1.82, 2.24) is 0 Å². The number of nitro benzene ring substituents is 1. The van der Waals surface area contributed by atoms with Gasteiger partial charge in [0, 0.05) is 16.6 Å². The van der Waals surface area contributed by atoms with Gasteiger partial charge in [-0.2, -0.15) is 0 Å². The van der Waals surface area contributed by atoms with Crippen LogP contribution in [0.3, 0.4) is 0 Å². The lowest BCUT2D eigenvalue weighted by molar-refractivity contribution is -0.384. The first-order valence-electron chi connectivity index (χ1n) is 7.97. The third-order valence-electron chi connectivity index (χ3n) is 4.11. The molecule has 3 rings (SSSR count). The Morgan fingerprint density at radius 3 is 2.65 bits per heavy atom. The molecule has 1 N–H and O–H groups in total. The maximum absolute atomic E-state index is 12.1. The topological polar surface area (TPSA) is 98.5 Å². The summed E-state index contributed by atoms with van der Waals surface area (Å²) < 4.78 is 5.41. The van der Waals surface area contributed by atoms with Crippen LogP contribution < -0.4 is 5.32 Å². The number of fused-ring (bicyclic) bond motifs is 1. The Labute approximate surface area is 157 Å². The van der Waals surface area contributed by atoms with Crippen molar-refractivity contribution >= 4 is 39.2 Å². The molecule has 0 saturated carbocycles. The van der Waals surface area contributed by atoms with Crippen molar-refractivity contribution < 1.29 is 19.2 Å². The molecule has 0 heterocycles. The molecule has 1 aliphatic carbocycles. The highest BCUT2D eigenvalue weighted by Gasteiger charge is 2.16. The van der Waals surface area contributed by atoms with Crippen LogP contribution in [-0.4, -0.2) is 23.4 Å². The number of halogens is 1. The fraction of sp³-hybridized carbons (Fsp3) is 0.222. The first kappa shape index (κ1) is 18.1. The number of carbonyl (C=O) groups is 2. The second-order valence-corrected chi connectivity index (χ2v) is 6.74. The Bertz CT molecular complexity index is 897.